The summed E-state index contributed by atoms with van der Waals surface area (Å²) in [5, 5.41) is 0. The number of benzene rings is 1. The van der Waals surface area contributed by atoms with Crippen molar-refractivity contribution in [1.82, 2.24) is 4.90 Å². The van der Waals surface area contributed by atoms with E-state index in [0.717, 1.165) is 0 Å². The second-order valence-corrected chi connectivity index (χ2v) is 5.36. The summed E-state index contributed by atoms with van der Waals surface area (Å²) < 4.78 is 5.19. The van der Waals surface area contributed by atoms with Gasteiger partial charge < -0.3 is 21.1 Å². The van der Waals surface area contributed by atoms with Gasteiger partial charge in [0.25, 0.3) is 5.91 Å². The highest BCUT2D eigenvalue weighted by Crippen LogP contribution is 2.32. The van der Waals surface area contributed by atoms with Gasteiger partial charge in [-0.05, 0) is 31.5 Å². The minimum absolute atomic E-state index is 0.195. The summed E-state index contributed by atoms with van der Waals surface area (Å²) in [5.74, 6) is -0.108. The average Bonchev–Trinajstić information content (AvgIpc) is 2.82. The van der Waals surface area contributed by atoms with E-state index < -0.39 is 5.41 Å². The maximum absolute atomic E-state index is 12.5. The molecule has 0 aromatic heterocycles. The van der Waals surface area contributed by atoms with Crippen LogP contribution in [0, 0.1) is 5.41 Å². The van der Waals surface area contributed by atoms with Crippen molar-refractivity contribution < 1.29 is 14.3 Å². The molecule has 1 atom stereocenters. The van der Waals surface area contributed by atoms with Gasteiger partial charge >= 0.3 is 0 Å². The minimum atomic E-state index is -0.663. The highest BCUT2D eigenvalue weighted by Gasteiger charge is 2.41. The average molecular weight is 277 g/mol. The molecule has 0 spiro atoms. The Hall–Kier alpha value is -2.24. The third kappa shape index (κ3) is 2.41. The number of hydrogen-bond acceptors (Lipinski definition) is 4. The highest BCUT2D eigenvalue weighted by molar-refractivity contribution is 5.98. The number of rotatable bonds is 3. The Labute approximate surface area is 117 Å². The fourth-order valence-corrected chi connectivity index (χ4v) is 2.40. The van der Waals surface area contributed by atoms with Crippen molar-refractivity contribution in [2.45, 2.75) is 13.3 Å². The summed E-state index contributed by atoms with van der Waals surface area (Å²) in [6.45, 7) is 2.59. The molecule has 2 rings (SSSR count). The molecule has 1 aliphatic heterocycles. The molecule has 1 aromatic carbocycles. The fourth-order valence-electron chi connectivity index (χ4n) is 2.40. The molecule has 6 nitrogen and oxygen atoms in total. The number of ether oxygens (including phenoxy) is 1. The summed E-state index contributed by atoms with van der Waals surface area (Å²) in [4.78, 5) is 25.6. The number of nitrogens with zero attached hydrogens (tertiary/aromatic N) is 1. The van der Waals surface area contributed by atoms with Crippen LogP contribution in [0.4, 0.5) is 5.69 Å². The lowest BCUT2D eigenvalue weighted by atomic mass is 9.89. The van der Waals surface area contributed by atoms with E-state index in [0.29, 0.717) is 36.5 Å². The molecule has 1 saturated heterocycles. The number of hydrogen-bond donors (Lipinski definition) is 2. The van der Waals surface area contributed by atoms with Crippen molar-refractivity contribution in [2.24, 2.45) is 11.1 Å². The van der Waals surface area contributed by atoms with Crippen LogP contribution >= 0.6 is 0 Å². The molecule has 0 radical (unpaired) electrons. The predicted molar refractivity (Wildman–Crippen MR) is 75.2 cm³/mol. The number of nitrogens with two attached hydrogens (primary N) is 2. The molecule has 0 saturated carbocycles. The van der Waals surface area contributed by atoms with E-state index in [1.54, 1.807) is 30.0 Å². The molecular formula is C14H19N3O3. The van der Waals surface area contributed by atoms with Gasteiger partial charge in [-0.25, -0.2) is 0 Å². The maximum atomic E-state index is 12.5. The first kappa shape index (κ1) is 14.2. The summed E-state index contributed by atoms with van der Waals surface area (Å²) in [6, 6.07) is 4.92. The van der Waals surface area contributed by atoms with E-state index in [2.05, 4.69) is 0 Å². The zero-order valence-corrected chi connectivity index (χ0v) is 11.7. The molecule has 1 fully saturated rings. The topological polar surface area (TPSA) is 98.7 Å². The van der Waals surface area contributed by atoms with Crippen LogP contribution in [0.3, 0.4) is 0 Å². The predicted octanol–water partition coefficient (Wildman–Crippen LogP) is 0.615. The first-order valence-electron chi connectivity index (χ1n) is 6.40. The summed E-state index contributed by atoms with van der Waals surface area (Å²) in [7, 11) is 1.50. The standard InChI is InChI=1S/C14H19N3O3/c1-14(13(16)19)5-6-17(8-14)12(18)10-7-9(15)3-4-11(10)20-2/h3-4,7H,5-6,8,15H2,1-2H3,(H2,16,19). The van der Waals surface area contributed by atoms with Crippen molar-refractivity contribution in [3.05, 3.63) is 23.8 Å². The number of carbonyl (C=O) groups is 2. The Bertz CT molecular complexity index is 559. The van der Waals surface area contributed by atoms with Crippen LogP contribution in [0.1, 0.15) is 23.7 Å². The molecule has 108 valence electrons. The highest BCUT2D eigenvalue weighted by atomic mass is 16.5. The number of methoxy groups -OCH3 is 1. The van der Waals surface area contributed by atoms with Gasteiger partial charge in [0.2, 0.25) is 5.91 Å². The molecule has 1 heterocycles. The van der Waals surface area contributed by atoms with E-state index in [9.17, 15) is 9.59 Å². The molecule has 0 aliphatic carbocycles. The van der Waals surface area contributed by atoms with Crippen molar-refractivity contribution in [1.29, 1.82) is 0 Å². The Morgan fingerprint density at radius 2 is 2.10 bits per heavy atom. The first-order chi connectivity index (χ1) is 9.37. The minimum Gasteiger partial charge on any atom is -0.496 e. The number of amides is 2. The van der Waals surface area contributed by atoms with Crippen molar-refractivity contribution in [3.8, 4) is 5.75 Å². The van der Waals surface area contributed by atoms with E-state index in [-0.39, 0.29) is 11.8 Å². The molecular weight excluding hydrogens is 258 g/mol. The third-order valence-electron chi connectivity index (χ3n) is 3.81. The van der Waals surface area contributed by atoms with Gasteiger partial charge in [-0.3, -0.25) is 9.59 Å². The monoisotopic (exact) mass is 277 g/mol. The Kier molecular flexibility index (Phi) is 3.57. The second-order valence-electron chi connectivity index (χ2n) is 5.36. The first-order valence-corrected chi connectivity index (χ1v) is 6.40. The van der Waals surface area contributed by atoms with Crippen LogP contribution in [0.5, 0.6) is 5.75 Å². The van der Waals surface area contributed by atoms with E-state index in [4.69, 9.17) is 16.2 Å². The van der Waals surface area contributed by atoms with Crippen LogP contribution in [0.25, 0.3) is 0 Å². The van der Waals surface area contributed by atoms with E-state index >= 15 is 0 Å². The largest absolute Gasteiger partial charge is 0.496 e. The second kappa shape index (κ2) is 5.03. The lowest BCUT2D eigenvalue weighted by Crippen LogP contribution is -2.38. The smallest absolute Gasteiger partial charge is 0.257 e. The third-order valence-corrected chi connectivity index (χ3v) is 3.81. The molecule has 6 heteroatoms. The lowest BCUT2D eigenvalue weighted by Gasteiger charge is -2.21. The van der Waals surface area contributed by atoms with Gasteiger partial charge in [-0.1, -0.05) is 0 Å². The van der Waals surface area contributed by atoms with Crippen LogP contribution in [-0.2, 0) is 4.79 Å². The molecule has 0 bridgehead atoms. The van der Waals surface area contributed by atoms with Crippen LogP contribution < -0.4 is 16.2 Å². The summed E-state index contributed by atoms with van der Waals surface area (Å²) in [6.07, 6.45) is 0.568. The van der Waals surface area contributed by atoms with Gasteiger partial charge in [-0.15, -0.1) is 0 Å². The molecule has 2 amide bonds. The van der Waals surface area contributed by atoms with Crippen molar-refractivity contribution in [3.63, 3.8) is 0 Å². The molecule has 20 heavy (non-hydrogen) atoms. The quantitative estimate of drug-likeness (QED) is 0.791. The molecule has 1 aromatic rings. The number of nitrogen functional groups attached to an aromatic ring is 1. The van der Waals surface area contributed by atoms with Gasteiger partial charge in [0.1, 0.15) is 5.75 Å². The zero-order chi connectivity index (χ0) is 14.9. The Morgan fingerprint density at radius 1 is 1.40 bits per heavy atom. The molecule has 1 unspecified atom stereocenters. The maximum Gasteiger partial charge on any atom is 0.257 e. The van der Waals surface area contributed by atoms with Gasteiger partial charge in [-0.2, -0.15) is 0 Å². The summed E-state index contributed by atoms with van der Waals surface area (Å²) >= 11 is 0. The number of likely N-dealkylation sites (tertiary alicyclic amines) is 1. The summed E-state index contributed by atoms with van der Waals surface area (Å²) in [5.41, 5.74) is 11.3. The Morgan fingerprint density at radius 3 is 2.65 bits per heavy atom. The van der Waals surface area contributed by atoms with Crippen LogP contribution in [-0.4, -0.2) is 36.9 Å². The molecule has 4 N–H and O–H groups in total. The zero-order valence-electron chi connectivity index (χ0n) is 11.7. The SMILES string of the molecule is COc1ccc(N)cc1C(=O)N1CCC(C)(C(N)=O)C1. The van der Waals surface area contributed by atoms with E-state index in [1.807, 2.05) is 0 Å². The number of primary amides is 1. The normalized spacial score (nSPS) is 21.8. The Balaban J connectivity index is 2.25. The van der Waals surface area contributed by atoms with Crippen LogP contribution in [0.2, 0.25) is 0 Å². The van der Waals surface area contributed by atoms with Gasteiger partial charge in [0, 0.05) is 18.8 Å². The number of carbonyl (C=O) groups excluding carboxylic acids is 2. The fraction of sp³-hybridized carbons (Fsp3) is 0.429. The molecule has 1 aliphatic rings. The van der Waals surface area contributed by atoms with Crippen molar-refractivity contribution >= 4 is 17.5 Å². The van der Waals surface area contributed by atoms with Crippen molar-refractivity contribution in [2.75, 3.05) is 25.9 Å². The van der Waals surface area contributed by atoms with Gasteiger partial charge in [0.05, 0.1) is 18.1 Å². The number of anilines is 1. The lowest BCUT2D eigenvalue weighted by molar-refractivity contribution is -0.126. The van der Waals surface area contributed by atoms with Gasteiger partial charge in [0.15, 0.2) is 0 Å². The van der Waals surface area contributed by atoms with E-state index in [1.165, 1.54) is 7.11 Å². The van der Waals surface area contributed by atoms with Crippen LogP contribution in [0.15, 0.2) is 18.2 Å².